The van der Waals surface area contributed by atoms with Crippen molar-refractivity contribution in [1.82, 2.24) is 10.2 Å². The van der Waals surface area contributed by atoms with Gasteiger partial charge in [-0.25, -0.2) is 0 Å². The first-order valence-electron chi connectivity index (χ1n) is 7.26. The van der Waals surface area contributed by atoms with Gasteiger partial charge in [0.05, 0.1) is 0 Å². The number of carboxylic acid groups (broad SMARTS) is 1. The van der Waals surface area contributed by atoms with E-state index >= 15 is 0 Å². The van der Waals surface area contributed by atoms with Gasteiger partial charge in [-0.3, -0.25) is 4.79 Å². The monoisotopic (exact) mass is 256 g/mol. The Labute approximate surface area is 111 Å². The molecule has 0 aliphatic carbocycles. The van der Waals surface area contributed by atoms with E-state index in [-0.39, 0.29) is 0 Å². The number of hydrogen-bond donors (Lipinski definition) is 2. The molecule has 18 heavy (non-hydrogen) atoms. The third-order valence-corrected chi connectivity index (χ3v) is 3.72. The molecule has 0 saturated carbocycles. The molecule has 0 aromatic carbocycles. The molecule has 1 unspecified atom stereocenters. The SMILES string of the molecule is CC(C)N1CCC(CNCCCCCC(=O)O)C1. The number of nitrogens with one attached hydrogen (secondary N) is 1. The second kappa shape index (κ2) is 8.48. The lowest BCUT2D eigenvalue weighted by molar-refractivity contribution is -0.137. The summed E-state index contributed by atoms with van der Waals surface area (Å²) in [5, 5.41) is 12.0. The topological polar surface area (TPSA) is 52.6 Å². The Morgan fingerprint density at radius 3 is 2.78 bits per heavy atom. The van der Waals surface area contributed by atoms with E-state index in [1.807, 2.05) is 0 Å². The number of nitrogens with zero attached hydrogens (tertiary/aromatic N) is 1. The zero-order valence-electron chi connectivity index (χ0n) is 11.8. The van der Waals surface area contributed by atoms with Crippen molar-refractivity contribution in [2.75, 3.05) is 26.2 Å². The summed E-state index contributed by atoms with van der Waals surface area (Å²) in [5.74, 6) is 0.120. The minimum atomic E-state index is -0.678. The van der Waals surface area contributed by atoms with Crippen molar-refractivity contribution in [3.8, 4) is 0 Å². The number of likely N-dealkylation sites (tertiary alicyclic amines) is 1. The van der Waals surface area contributed by atoms with Crippen molar-refractivity contribution < 1.29 is 9.90 Å². The van der Waals surface area contributed by atoms with Gasteiger partial charge in [0.2, 0.25) is 0 Å². The van der Waals surface area contributed by atoms with Gasteiger partial charge in [-0.2, -0.15) is 0 Å². The lowest BCUT2D eigenvalue weighted by Crippen LogP contribution is -2.30. The quantitative estimate of drug-likeness (QED) is 0.619. The van der Waals surface area contributed by atoms with Crippen LogP contribution < -0.4 is 5.32 Å². The molecule has 4 nitrogen and oxygen atoms in total. The van der Waals surface area contributed by atoms with Gasteiger partial charge in [0, 0.05) is 19.0 Å². The van der Waals surface area contributed by atoms with E-state index in [1.165, 1.54) is 19.5 Å². The normalized spacial score (nSPS) is 20.7. The molecule has 106 valence electrons. The zero-order chi connectivity index (χ0) is 13.4. The Hall–Kier alpha value is -0.610. The molecule has 1 atom stereocenters. The molecule has 0 aromatic heterocycles. The predicted molar refractivity (Wildman–Crippen MR) is 73.8 cm³/mol. The lowest BCUT2D eigenvalue weighted by atomic mass is 10.1. The van der Waals surface area contributed by atoms with Crippen LogP contribution in [0.1, 0.15) is 46.0 Å². The summed E-state index contributed by atoms with van der Waals surface area (Å²) in [6.45, 7) is 9.13. The summed E-state index contributed by atoms with van der Waals surface area (Å²) in [6.07, 6.45) is 4.54. The van der Waals surface area contributed by atoms with E-state index in [4.69, 9.17) is 5.11 Å². The number of carbonyl (C=O) groups is 1. The molecule has 2 N–H and O–H groups in total. The Morgan fingerprint density at radius 2 is 2.17 bits per heavy atom. The first kappa shape index (κ1) is 15.4. The van der Waals surface area contributed by atoms with Crippen LogP contribution in [0.25, 0.3) is 0 Å². The van der Waals surface area contributed by atoms with E-state index in [2.05, 4.69) is 24.1 Å². The van der Waals surface area contributed by atoms with Crippen LogP contribution in [0.3, 0.4) is 0 Å². The molecule has 0 radical (unpaired) electrons. The van der Waals surface area contributed by atoms with Crippen molar-refractivity contribution >= 4 is 5.97 Å². The van der Waals surface area contributed by atoms with Crippen LogP contribution in [-0.2, 0) is 4.79 Å². The first-order valence-corrected chi connectivity index (χ1v) is 7.26. The third kappa shape index (κ3) is 6.36. The maximum Gasteiger partial charge on any atom is 0.303 e. The molecular weight excluding hydrogens is 228 g/mol. The van der Waals surface area contributed by atoms with Crippen LogP contribution >= 0.6 is 0 Å². The Morgan fingerprint density at radius 1 is 1.39 bits per heavy atom. The fraction of sp³-hybridized carbons (Fsp3) is 0.929. The van der Waals surface area contributed by atoms with E-state index in [0.717, 1.165) is 38.3 Å². The highest BCUT2D eigenvalue weighted by Crippen LogP contribution is 2.17. The number of carboxylic acids is 1. The summed E-state index contributed by atoms with van der Waals surface area (Å²) < 4.78 is 0. The number of aliphatic carboxylic acids is 1. The van der Waals surface area contributed by atoms with Crippen molar-refractivity contribution in [3.05, 3.63) is 0 Å². The molecular formula is C14H28N2O2. The molecule has 1 fully saturated rings. The maximum atomic E-state index is 10.3. The Kier molecular flexibility index (Phi) is 7.28. The van der Waals surface area contributed by atoms with Crippen LogP contribution in [0.4, 0.5) is 0 Å². The zero-order valence-corrected chi connectivity index (χ0v) is 11.8. The Bertz CT molecular complexity index is 244. The largest absolute Gasteiger partial charge is 0.481 e. The number of rotatable bonds is 9. The molecule has 1 heterocycles. The highest BCUT2D eigenvalue weighted by Gasteiger charge is 2.23. The molecule has 1 saturated heterocycles. The smallest absolute Gasteiger partial charge is 0.303 e. The van der Waals surface area contributed by atoms with Gasteiger partial charge in [0.25, 0.3) is 0 Å². The minimum Gasteiger partial charge on any atom is -0.481 e. The molecule has 4 heteroatoms. The standard InChI is InChI=1S/C14H28N2O2/c1-12(2)16-9-7-13(11-16)10-15-8-5-3-4-6-14(17)18/h12-13,15H,3-11H2,1-2H3,(H,17,18). The summed E-state index contributed by atoms with van der Waals surface area (Å²) >= 11 is 0. The molecule has 0 bridgehead atoms. The highest BCUT2D eigenvalue weighted by molar-refractivity contribution is 5.66. The molecule has 1 aliphatic heterocycles. The van der Waals surface area contributed by atoms with Crippen LogP contribution in [0.5, 0.6) is 0 Å². The van der Waals surface area contributed by atoms with Gasteiger partial charge < -0.3 is 15.3 Å². The van der Waals surface area contributed by atoms with Gasteiger partial charge in [0.15, 0.2) is 0 Å². The van der Waals surface area contributed by atoms with E-state index in [1.54, 1.807) is 0 Å². The molecule has 1 aliphatic rings. The predicted octanol–water partition coefficient (Wildman–Crippen LogP) is 1.95. The summed E-state index contributed by atoms with van der Waals surface area (Å²) in [4.78, 5) is 12.9. The average Bonchev–Trinajstić information content (AvgIpc) is 2.76. The average molecular weight is 256 g/mol. The maximum absolute atomic E-state index is 10.3. The molecule has 0 amide bonds. The van der Waals surface area contributed by atoms with Gasteiger partial charge >= 0.3 is 5.97 Å². The lowest BCUT2D eigenvalue weighted by Gasteiger charge is -2.20. The summed E-state index contributed by atoms with van der Waals surface area (Å²) in [6, 6.07) is 0.672. The van der Waals surface area contributed by atoms with Gasteiger partial charge in [0.1, 0.15) is 0 Å². The Balaban J connectivity index is 1.91. The van der Waals surface area contributed by atoms with Crippen LogP contribution in [0.2, 0.25) is 0 Å². The van der Waals surface area contributed by atoms with Crippen molar-refractivity contribution in [2.45, 2.75) is 52.0 Å². The van der Waals surface area contributed by atoms with E-state index in [0.29, 0.717) is 12.5 Å². The molecule has 0 aromatic rings. The van der Waals surface area contributed by atoms with Crippen molar-refractivity contribution in [1.29, 1.82) is 0 Å². The minimum absolute atomic E-state index is 0.311. The summed E-state index contributed by atoms with van der Waals surface area (Å²) in [7, 11) is 0. The van der Waals surface area contributed by atoms with Crippen LogP contribution in [-0.4, -0.2) is 48.2 Å². The van der Waals surface area contributed by atoms with Crippen LogP contribution in [0.15, 0.2) is 0 Å². The van der Waals surface area contributed by atoms with Gasteiger partial charge in [-0.15, -0.1) is 0 Å². The third-order valence-electron chi connectivity index (χ3n) is 3.72. The van der Waals surface area contributed by atoms with Gasteiger partial charge in [-0.05, 0) is 58.7 Å². The first-order chi connectivity index (χ1) is 8.59. The molecule has 0 spiro atoms. The molecule has 1 rings (SSSR count). The second-order valence-corrected chi connectivity index (χ2v) is 5.65. The number of unbranched alkanes of at least 4 members (excludes halogenated alkanes) is 2. The second-order valence-electron chi connectivity index (χ2n) is 5.65. The highest BCUT2D eigenvalue weighted by atomic mass is 16.4. The van der Waals surface area contributed by atoms with E-state index < -0.39 is 5.97 Å². The van der Waals surface area contributed by atoms with Crippen molar-refractivity contribution in [3.63, 3.8) is 0 Å². The van der Waals surface area contributed by atoms with Gasteiger partial charge in [-0.1, -0.05) is 6.42 Å². The van der Waals surface area contributed by atoms with E-state index in [9.17, 15) is 4.79 Å². The summed E-state index contributed by atoms with van der Waals surface area (Å²) in [5.41, 5.74) is 0. The number of hydrogen-bond acceptors (Lipinski definition) is 3. The van der Waals surface area contributed by atoms with Crippen LogP contribution in [0, 0.1) is 5.92 Å². The fourth-order valence-electron chi connectivity index (χ4n) is 2.51. The van der Waals surface area contributed by atoms with Crippen molar-refractivity contribution in [2.24, 2.45) is 5.92 Å². The fourth-order valence-corrected chi connectivity index (χ4v) is 2.51.